The topological polar surface area (TPSA) is 32.3 Å². The average Bonchev–Trinajstić information content (AvgIpc) is 2.18. The molecular weight excluding hydrogens is 250 g/mol. The summed E-state index contributed by atoms with van der Waals surface area (Å²) in [4.78, 5) is 13.4. The van der Waals surface area contributed by atoms with Crippen LogP contribution in [0.1, 0.15) is 10.4 Å². The van der Waals surface area contributed by atoms with Gasteiger partial charge in [-0.2, -0.15) is 0 Å². The second kappa shape index (κ2) is 5.42. The van der Waals surface area contributed by atoms with Crippen molar-refractivity contribution in [3.8, 4) is 0 Å². The van der Waals surface area contributed by atoms with Crippen molar-refractivity contribution < 1.29 is 13.6 Å². The van der Waals surface area contributed by atoms with Gasteiger partial charge in [-0.05, 0) is 18.2 Å². The van der Waals surface area contributed by atoms with Crippen molar-refractivity contribution in [2.75, 3.05) is 20.1 Å². The molecule has 1 heterocycles. The second-order valence-electron chi connectivity index (χ2n) is 3.86. The smallest absolute Gasteiger partial charge is 0.254 e. The standard InChI is InChI=1S/C11H12F2N2O.ClH/c1-15(8-5-14-6-8)11(16)7-2-3-9(12)10(13)4-7;/h2-4,8,14H,5-6H2,1H3;1H. The van der Waals surface area contributed by atoms with Crippen molar-refractivity contribution in [2.45, 2.75) is 6.04 Å². The third-order valence-electron chi connectivity index (χ3n) is 2.79. The van der Waals surface area contributed by atoms with Gasteiger partial charge in [0.2, 0.25) is 0 Å². The molecule has 1 N–H and O–H groups in total. The molecule has 1 aromatic rings. The van der Waals surface area contributed by atoms with Gasteiger partial charge in [0.05, 0.1) is 6.04 Å². The number of likely N-dealkylation sites (N-methyl/N-ethyl adjacent to an activating group) is 1. The quantitative estimate of drug-likeness (QED) is 0.875. The summed E-state index contributed by atoms with van der Waals surface area (Å²) in [6.07, 6.45) is 0. The fraction of sp³-hybridized carbons (Fsp3) is 0.364. The molecule has 2 rings (SSSR count). The molecule has 1 aliphatic heterocycles. The molecule has 94 valence electrons. The molecule has 17 heavy (non-hydrogen) atoms. The molecule has 0 unspecified atom stereocenters. The highest BCUT2D eigenvalue weighted by molar-refractivity contribution is 5.94. The summed E-state index contributed by atoms with van der Waals surface area (Å²) in [5.74, 6) is -2.22. The third-order valence-corrected chi connectivity index (χ3v) is 2.79. The Morgan fingerprint density at radius 3 is 2.47 bits per heavy atom. The summed E-state index contributed by atoms with van der Waals surface area (Å²) in [6.45, 7) is 1.48. The lowest BCUT2D eigenvalue weighted by Crippen LogP contribution is -2.57. The van der Waals surface area contributed by atoms with E-state index >= 15 is 0 Å². The summed E-state index contributed by atoms with van der Waals surface area (Å²) in [6, 6.07) is 3.33. The lowest BCUT2D eigenvalue weighted by atomic mass is 10.1. The SMILES string of the molecule is CN(C(=O)c1ccc(F)c(F)c1)C1CNC1.Cl. The number of carbonyl (C=O) groups excluding carboxylic acids is 1. The van der Waals surface area contributed by atoms with E-state index in [4.69, 9.17) is 0 Å². The van der Waals surface area contributed by atoms with Crippen LogP contribution >= 0.6 is 12.4 Å². The molecule has 0 atom stereocenters. The van der Waals surface area contributed by atoms with Gasteiger partial charge in [0.1, 0.15) is 0 Å². The lowest BCUT2D eigenvalue weighted by molar-refractivity contribution is 0.0680. The van der Waals surface area contributed by atoms with Crippen LogP contribution in [0.15, 0.2) is 18.2 Å². The molecule has 1 aliphatic rings. The Labute approximate surface area is 104 Å². The van der Waals surface area contributed by atoms with Gasteiger partial charge in [-0.3, -0.25) is 4.79 Å². The average molecular weight is 263 g/mol. The minimum absolute atomic E-state index is 0. The highest BCUT2D eigenvalue weighted by atomic mass is 35.5. The molecule has 3 nitrogen and oxygen atoms in total. The molecule has 1 saturated heterocycles. The Morgan fingerprint density at radius 1 is 1.35 bits per heavy atom. The Balaban J connectivity index is 0.00000144. The molecule has 1 fully saturated rings. The van der Waals surface area contributed by atoms with Gasteiger partial charge < -0.3 is 10.2 Å². The Morgan fingerprint density at radius 2 is 2.00 bits per heavy atom. The molecule has 0 aromatic heterocycles. The molecule has 1 amide bonds. The number of amides is 1. The van der Waals surface area contributed by atoms with Crippen molar-refractivity contribution in [3.05, 3.63) is 35.4 Å². The number of benzene rings is 1. The molecule has 0 radical (unpaired) electrons. The highest BCUT2D eigenvalue weighted by Crippen LogP contribution is 2.13. The van der Waals surface area contributed by atoms with Crippen molar-refractivity contribution in [3.63, 3.8) is 0 Å². The van der Waals surface area contributed by atoms with E-state index in [1.165, 1.54) is 6.07 Å². The van der Waals surface area contributed by atoms with Crippen molar-refractivity contribution in [1.82, 2.24) is 10.2 Å². The molecule has 0 spiro atoms. The summed E-state index contributed by atoms with van der Waals surface area (Å²) >= 11 is 0. The van der Waals surface area contributed by atoms with Crippen LogP contribution in [0.5, 0.6) is 0 Å². The number of carbonyl (C=O) groups is 1. The Bertz CT molecular complexity index is 424. The molecular formula is C11H13ClF2N2O. The lowest BCUT2D eigenvalue weighted by Gasteiger charge is -2.35. The fourth-order valence-corrected chi connectivity index (χ4v) is 1.55. The van der Waals surface area contributed by atoms with Crippen LogP contribution in [0, 0.1) is 11.6 Å². The minimum atomic E-state index is -0.994. The van der Waals surface area contributed by atoms with Crippen molar-refractivity contribution in [2.24, 2.45) is 0 Å². The number of rotatable bonds is 2. The van der Waals surface area contributed by atoms with E-state index in [1.807, 2.05) is 0 Å². The first-order valence-electron chi connectivity index (χ1n) is 5.02. The molecule has 0 aliphatic carbocycles. The van der Waals surface area contributed by atoms with Crippen LogP contribution in [0.25, 0.3) is 0 Å². The summed E-state index contributed by atoms with van der Waals surface area (Å²) < 4.78 is 25.6. The van der Waals surface area contributed by atoms with Crippen LogP contribution in [0.2, 0.25) is 0 Å². The van der Waals surface area contributed by atoms with Crippen molar-refractivity contribution in [1.29, 1.82) is 0 Å². The summed E-state index contributed by atoms with van der Waals surface area (Å²) in [5, 5.41) is 3.04. The number of halogens is 3. The predicted octanol–water partition coefficient (Wildman–Crippen LogP) is 1.43. The first kappa shape index (κ1) is 13.9. The van der Waals surface area contributed by atoms with Gasteiger partial charge in [-0.15, -0.1) is 12.4 Å². The largest absolute Gasteiger partial charge is 0.336 e. The van der Waals surface area contributed by atoms with Crippen LogP contribution < -0.4 is 5.32 Å². The molecule has 1 aromatic carbocycles. The van der Waals surface area contributed by atoms with Crippen LogP contribution in [0.4, 0.5) is 8.78 Å². The van der Waals surface area contributed by atoms with E-state index < -0.39 is 11.6 Å². The van der Waals surface area contributed by atoms with E-state index in [0.29, 0.717) is 0 Å². The van der Waals surface area contributed by atoms with Gasteiger partial charge in [0.25, 0.3) is 5.91 Å². The fourth-order valence-electron chi connectivity index (χ4n) is 1.55. The molecule has 6 heteroatoms. The zero-order valence-corrected chi connectivity index (χ0v) is 10.1. The van der Waals surface area contributed by atoms with Crippen LogP contribution in [0.3, 0.4) is 0 Å². The zero-order chi connectivity index (χ0) is 11.7. The maximum Gasteiger partial charge on any atom is 0.254 e. The highest BCUT2D eigenvalue weighted by Gasteiger charge is 2.26. The van der Waals surface area contributed by atoms with Gasteiger partial charge >= 0.3 is 0 Å². The van der Waals surface area contributed by atoms with Crippen molar-refractivity contribution >= 4 is 18.3 Å². The van der Waals surface area contributed by atoms with Crippen LogP contribution in [-0.4, -0.2) is 37.0 Å². The zero-order valence-electron chi connectivity index (χ0n) is 9.24. The van der Waals surface area contributed by atoms with E-state index in [1.54, 1.807) is 11.9 Å². The second-order valence-corrected chi connectivity index (χ2v) is 3.86. The Hall–Kier alpha value is -1.20. The van der Waals surface area contributed by atoms with Gasteiger partial charge in [0.15, 0.2) is 11.6 Å². The minimum Gasteiger partial charge on any atom is -0.336 e. The monoisotopic (exact) mass is 262 g/mol. The van der Waals surface area contributed by atoms with E-state index in [-0.39, 0.29) is 29.9 Å². The van der Waals surface area contributed by atoms with Crippen LogP contribution in [-0.2, 0) is 0 Å². The normalized spacial score (nSPS) is 14.8. The summed E-state index contributed by atoms with van der Waals surface area (Å²) in [5.41, 5.74) is 0.174. The van der Waals surface area contributed by atoms with E-state index in [0.717, 1.165) is 25.2 Å². The van der Waals surface area contributed by atoms with E-state index in [2.05, 4.69) is 5.32 Å². The number of hydrogen-bond donors (Lipinski definition) is 1. The first-order valence-corrected chi connectivity index (χ1v) is 5.02. The maximum atomic E-state index is 12.9. The van der Waals surface area contributed by atoms with Gasteiger partial charge in [-0.25, -0.2) is 8.78 Å². The number of hydrogen-bond acceptors (Lipinski definition) is 2. The van der Waals surface area contributed by atoms with Gasteiger partial charge in [-0.1, -0.05) is 0 Å². The third kappa shape index (κ3) is 2.73. The van der Waals surface area contributed by atoms with Gasteiger partial charge in [0, 0.05) is 25.7 Å². The number of nitrogens with one attached hydrogen (secondary N) is 1. The maximum absolute atomic E-state index is 12.9. The molecule has 0 saturated carbocycles. The summed E-state index contributed by atoms with van der Waals surface area (Å²) in [7, 11) is 1.66. The first-order chi connectivity index (χ1) is 7.59. The molecule has 0 bridgehead atoms. The van der Waals surface area contributed by atoms with E-state index in [9.17, 15) is 13.6 Å². The predicted molar refractivity (Wildman–Crippen MR) is 62.4 cm³/mol. The Kier molecular flexibility index (Phi) is 4.42. The number of nitrogens with zero attached hydrogens (tertiary/aromatic N) is 1.